The van der Waals surface area contributed by atoms with Gasteiger partial charge in [-0.3, -0.25) is 4.57 Å². The predicted molar refractivity (Wildman–Crippen MR) is 112 cm³/mol. The highest BCUT2D eigenvalue weighted by Gasteiger charge is 2.47. The van der Waals surface area contributed by atoms with E-state index in [1.807, 2.05) is 48.5 Å². The Morgan fingerprint density at radius 1 is 0.630 bits per heavy atom. The Morgan fingerprint density at radius 3 is 1.52 bits per heavy atom. The molecule has 4 aromatic carbocycles. The van der Waals surface area contributed by atoms with Crippen LogP contribution >= 0.6 is 7.37 Å². The van der Waals surface area contributed by atoms with Gasteiger partial charge in [0.25, 0.3) is 0 Å². The minimum atomic E-state index is -3.42. The molecule has 3 heteroatoms. The maximum Gasteiger partial charge on any atom is 0.215 e. The summed E-state index contributed by atoms with van der Waals surface area (Å²) in [6.07, 6.45) is 1.49. The van der Waals surface area contributed by atoms with Gasteiger partial charge in [0.2, 0.25) is 7.37 Å². The first-order chi connectivity index (χ1) is 13.2. The van der Waals surface area contributed by atoms with Crippen LogP contribution < -0.4 is 0 Å². The van der Waals surface area contributed by atoms with Gasteiger partial charge in [0.05, 0.1) is 11.3 Å². The van der Waals surface area contributed by atoms with Crippen molar-refractivity contribution in [2.45, 2.75) is 24.2 Å². The van der Waals surface area contributed by atoms with Gasteiger partial charge in [0.1, 0.15) is 0 Å². The predicted octanol–water partition coefficient (Wildman–Crippen LogP) is 6.84. The van der Waals surface area contributed by atoms with E-state index in [-0.39, 0.29) is 11.3 Å². The third-order valence-corrected chi connectivity index (χ3v) is 8.83. The summed E-state index contributed by atoms with van der Waals surface area (Å²) in [5.41, 5.74) is 1.43. The van der Waals surface area contributed by atoms with Crippen LogP contribution in [0.25, 0.3) is 21.5 Å². The largest absolute Gasteiger partial charge is 0.343 e. The summed E-state index contributed by atoms with van der Waals surface area (Å²) in [5, 5.41) is 4.45. The van der Waals surface area contributed by atoms with E-state index in [2.05, 4.69) is 36.4 Å². The van der Waals surface area contributed by atoms with Gasteiger partial charge in [0.15, 0.2) is 0 Å². The van der Waals surface area contributed by atoms with Crippen LogP contribution in [-0.4, -0.2) is 4.89 Å². The van der Waals surface area contributed by atoms with E-state index in [1.165, 1.54) is 0 Å². The Morgan fingerprint density at radius 2 is 1.04 bits per heavy atom. The van der Waals surface area contributed by atoms with E-state index in [0.29, 0.717) is 0 Å². The fourth-order valence-electron chi connectivity index (χ4n) is 4.69. The third kappa shape index (κ3) is 2.64. The highest BCUT2D eigenvalue weighted by Crippen LogP contribution is 2.74. The van der Waals surface area contributed by atoms with Crippen molar-refractivity contribution in [2.75, 3.05) is 0 Å². The van der Waals surface area contributed by atoms with Crippen molar-refractivity contribution < 1.29 is 9.46 Å². The van der Waals surface area contributed by atoms with Gasteiger partial charge in [-0.2, -0.15) is 0 Å². The van der Waals surface area contributed by atoms with Gasteiger partial charge < -0.3 is 4.89 Å². The molecule has 0 bridgehead atoms. The van der Waals surface area contributed by atoms with E-state index < -0.39 is 7.37 Å². The van der Waals surface area contributed by atoms with Crippen LogP contribution in [0.15, 0.2) is 84.9 Å². The Balaban J connectivity index is 1.64. The fourth-order valence-corrected chi connectivity index (χ4v) is 7.41. The molecule has 0 amide bonds. The zero-order valence-corrected chi connectivity index (χ0v) is 15.8. The first-order valence-electron chi connectivity index (χ1n) is 9.44. The fraction of sp³-hybridized carbons (Fsp3) is 0.167. The van der Waals surface area contributed by atoms with Gasteiger partial charge in [-0.1, -0.05) is 84.9 Å². The monoisotopic (exact) mass is 372 g/mol. The second kappa shape index (κ2) is 6.34. The molecule has 0 aliphatic carbocycles. The normalized spacial score (nSPS) is 25.2. The minimum absolute atomic E-state index is 0.299. The van der Waals surface area contributed by atoms with Gasteiger partial charge >= 0.3 is 0 Å². The molecule has 2 unspecified atom stereocenters. The van der Waals surface area contributed by atoms with Crippen LogP contribution in [0.3, 0.4) is 0 Å². The highest BCUT2D eigenvalue weighted by molar-refractivity contribution is 7.59. The molecule has 0 saturated carbocycles. The molecule has 0 aromatic heterocycles. The van der Waals surface area contributed by atoms with Crippen molar-refractivity contribution in [3.63, 3.8) is 0 Å². The quantitative estimate of drug-likeness (QED) is 0.391. The SMILES string of the molecule is O=P1(O)C(c2cccc3ccccc23)CC[C@@H]1c1cccc2ccccc12. The lowest BCUT2D eigenvalue weighted by Gasteiger charge is -2.23. The van der Waals surface area contributed by atoms with Crippen LogP contribution in [0.2, 0.25) is 0 Å². The van der Waals surface area contributed by atoms with E-state index in [0.717, 1.165) is 45.5 Å². The molecule has 5 rings (SSSR count). The van der Waals surface area contributed by atoms with Crippen LogP contribution in [0.5, 0.6) is 0 Å². The smallest absolute Gasteiger partial charge is 0.215 e. The van der Waals surface area contributed by atoms with Gasteiger partial charge in [-0.05, 0) is 45.5 Å². The van der Waals surface area contributed by atoms with Crippen LogP contribution in [0.1, 0.15) is 35.3 Å². The van der Waals surface area contributed by atoms with E-state index in [9.17, 15) is 9.46 Å². The van der Waals surface area contributed by atoms with Crippen LogP contribution in [-0.2, 0) is 4.57 Å². The summed E-state index contributed by atoms with van der Waals surface area (Å²) in [7, 11) is -3.42. The molecule has 1 aliphatic heterocycles. The number of benzene rings is 4. The molecular formula is C24H21O2P. The van der Waals surface area contributed by atoms with Gasteiger partial charge in [-0.15, -0.1) is 0 Å². The average Bonchev–Trinajstić information content (AvgIpc) is 3.01. The Kier molecular flexibility index (Phi) is 3.93. The molecule has 1 heterocycles. The molecule has 4 aromatic rings. The van der Waals surface area contributed by atoms with Crippen molar-refractivity contribution in [2.24, 2.45) is 0 Å². The third-order valence-electron chi connectivity index (χ3n) is 5.97. The topological polar surface area (TPSA) is 37.3 Å². The summed E-state index contributed by atoms with van der Waals surface area (Å²) < 4.78 is 13.7. The summed E-state index contributed by atoms with van der Waals surface area (Å²) >= 11 is 0. The van der Waals surface area contributed by atoms with Crippen LogP contribution in [0.4, 0.5) is 0 Å². The zero-order chi connectivity index (χ0) is 18.4. The molecule has 1 aliphatic rings. The molecular weight excluding hydrogens is 351 g/mol. The second-order valence-corrected chi connectivity index (χ2v) is 10.0. The molecule has 27 heavy (non-hydrogen) atoms. The Labute approximate surface area is 158 Å². The zero-order valence-electron chi connectivity index (χ0n) is 15.0. The summed E-state index contributed by atoms with van der Waals surface area (Å²) in [4.78, 5) is 11.3. The lowest BCUT2D eigenvalue weighted by Crippen LogP contribution is -1.99. The van der Waals surface area contributed by atoms with Crippen LogP contribution in [0, 0.1) is 0 Å². The van der Waals surface area contributed by atoms with E-state index in [4.69, 9.17) is 0 Å². The molecule has 0 radical (unpaired) electrons. The molecule has 3 atom stereocenters. The molecule has 1 fully saturated rings. The van der Waals surface area contributed by atoms with Crippen molar-refractivity contribution in [1.82, 2.24) is 0 Å². The van der Waals surface area contributed by atoms with Crippen molar-refractivity contribution >= 4 is 28.9 Å². The maximum absolute atomic E-state index is 13.7. The Bertz CT molecular complexity index is 1100. The lowest BCUT2D eigenvalue weighted by molar-refractivity contribution is 0.466. The van der Waals surface area contributed by atoms with E-state index in [1.54, 1.807) is 0 Å². The second-order valence-electron chi connectivity index (χ2n) is 7.42. The average molecular weight is 372 g/mol. The van der Waals surface area contributed by atoms with Crippen molar-refractivity contribution in [3.8, 4) is 0 Å². The Hall–Kier alpha value is -2.41. The number of hydrogen-bond donors (Lipinski definition) is 1. The van der Waals surface area contributed by atoms with E-state index >= 15 is 0 Å². The summed E-state index contributed by atoms with van der Waals surface area (Å²) in [5.74, 6) is 0. The first kappa shape index (κ1) is 16.7. The molecule has 2 nitrogen and oxygen atoms in total. The van der Waals surface area contributed by atoms with Crippen molar-refractivity contribution in [1.29, 1.82) is 0 Å². The maximum atomic E-state index is 13.7. The first-order valence-corrected chi connectivity index (χ1v) is 11.2. The number of fused-ring (bicyclic) bond motifs is 2. The number of hydrogen-bond acceptors (Lipinski definition) is 1. The summed E-state index contributed by atoms with van der Waals surface area (Å²) in [6, 6.07) is 28.5. The highest BCUT2D eigenvalue weighted by atomic mass is 31.2. The minimum Gasteiger partial charge on any atom is -0.343 e. The molecule has 0 spiro atoms. The molecule has 134 valence electrons. The molecule has 1 saturated heterocycles. The van der Waals surface area contributed by atoms with Gasteiger partial charge in [-0.25, -0.2) is 0 Å². The summed E-state index contributed by atoms with van der Waals surface area (Å²) in [6.45, 7) is 0. The number of rotatable bonds is 2. The van der Waals surface area contributed by atoms with Crippen molar-refractivity contribution in [3.05, 3.63) is 96.1 Å². The van der Waals surface area contributed by atoms with Gasteiger partial charge in [0, 0.05) is 0 Å². The molecule has 1 N–H and O–H groups in total. The standard InChI is InChI=1S/C24H21O2P/c25-27(26)23(21-13-5-9-17-7-1-3-11-19(17)21)15-16-24(27)22-14-6-10-18-8-2-4-12-20(18)22/h1-14,23-24H,15-16H2,(H,25,26)/t23-,24?/m1/s1. The lowest BCUT2D eigenvalue weighted by atomic mass is 9.97.